The van der Waals surface area contributed by atoms with Crippen LogP contribution in [0.25, 0.3) is 0 Å². The molecule has 25 heavy (non-hydrogen) atoms. The van der Waals surface area contributed by atoms with Gasteiger partial charge in [-0.2, -0.15) is 0 Å². The number of hydrogen-bond acceptors (Lipinski definition) is 4. The fourth-order valence-corrected chi connectivity index (χ4v) is 3.57. The summed E-state index contributed by atoms with van der Waals surface area (Å²) < 4.78 is 22.7. The number of benzene rings is 2. The molecule has 2 aromatic carbocycles. The average Bonchev–Trinajstić information content (AvgIpc) is 2.62. The van der Waals surface area contributed by atoms with Crippen LogP contribution >= 0.6 is 0 Å². The third kappa shape index (κ3) is 4.25. The van der Waals surface area contributed by atoms with Crippen LogP contribution in [0.1, 0.15) is 15.9 Å². The summed E-state index contributed by atoms with van der Waals surface area (Å²) in [5, 5.41) is 8.43. The van der Waals surface area contributed by atoms with Crippen LogP contribution in [-0.4, -0.2) is 44.9 Å². The molecule has 0 radical (unpaired) electrons. The maximum Gasteiger partial charge on any atom is 0.254 e. The molecule has 0 aliphatic carbocycles. The predicted octanol–water partition coefficient (Wildman–Crippen LogP) is 0.991. The molecule has 1 heterocycles. The lowest BCUT2D eigenvalue weighted by Gasteiger charge is -2.36. The topological polar surface area (TPSA) is 92.5 Å². The summed E-state index contributed by atoms with van der Waals surface area (Å²) in [7, 11) is -3.76. The number of nitrogens with two attached hydrogens (primary N) is 1. The summed E-state index contributed by atoms with van der Waals surface area (Å²) in [5.74, 6) is -0.0941. The summed E-state index contributed by atoms with van der Waals surface area (Å²) in [4.78, 5) is 14.7. The molecule has 3 N–H and O–H groups in total. The number of carbonyl (C=O) groups is 1. The normalized spacial score (nSPS) is 18.1. The van der Waals surface area contributed by atoms with Gasteiger partial charge in [0, 0.05) is 31.2 Å². The van der Waals surface area contributed by atoms with Gasteiger partial charge in [0.15, 0.2) is 0 Å². The van der Waals surface area contributed by atoms with Crippen LogP contribution in [0.2, 0.25) is 0 Å². The molecule has 0 aromatic heterocycles. The molecule has 1 atom stereocenters. The van der Waals surface area contributed by atoms with E-state index in [4.69, 9.17) is 5.14 Å². The Kier molecular flexibility index (Phi) is 5.17. The quantitative estimate of drug-likeness (QED) is 0.851. The van der Waals surface area contributed by atoms with Gasteiger partial charge in [0.25, 0.3) is 5.91 Å². The van der Waals surface area contributed by atoms with Gasteiger partial charge in [0.05, 0.1) is 4.90 Å². The van der Waals surface area contributed by atoms with E-state index < -0.39 is 10.0 Å². The third-order valence-electron chi connectivity index (χ3n) is 4.36. The van der Waals surface area contributed by atoms with E-state index in [9.17, 15) is 13.2 Å². The van der Waals surface area contributed by atoms with Crippen molar-refractivity contribution in [3.63, 3.8) is 0 Å². The number of primary sulfonamides is 1. The number of hydrogen-bond donors (Lipinski definition) is 2. The van der Waals surface area contributed by atoms with Crippen molar-refractivity contribution >= 4 is 15.9 Å². The van der Waals surface area contributed by atoms with E-state index in [0.29, 0.717) is 12.1 Å². The standard InChI is InChI=1S/C18H21N3O3S/c19-25(23,24)17-8-6-15(7-9-17)18(22)21-11-10-20-13-16(21)12-14-4-2-1-3-5-14/h1-9,16,20H,10-13H2,(H2,19,23,24)/t16-/m0/s1. The summed E-state index contributed by atoms with van der Waals surface area (Å²) in [6.45, 7) is 2.09. The van der Waals surface area contributed by atoms with Crippen LogP contribution in [0.4, 0.5) is 0 Å². The molecule has 1 aliphatic heterocycles. The summed E-state index contributed by atoms with van der Waals surface area (Å²) in [6, 6.07) is 15.9. The first-order valence-electron chi connectivity index (χ1n) is 8.13. The highest BCUT2D eigenvalue weighted by molar-refractivity contribution is 7.89. The number of piperazine rings is 1. The number of rotatable bonds is 4. The fourth-order valence-electron chi connectivity index (χ4n) is 3.05. The van der Waals surface area contributed by atoms with Gasteiger partial charge >= 0.3 is 0 Å². The molecule has 1 aliphatic rings. The second kappa shape index (κ2) is 7.35. The van der Waals surface area contributed by atoms with Gasteiger partial charge in [-0.3, -0.25) is 4.79 Å². The average molecular weight is 359 g/mol. The molecule has 7 heteroatoms. The number of carbonyl (C=O) groups excluding carboxylic acids is 1. The van der Waals surface area contributed by atoms with Crippen molar-refractivity contribution in [3.05, 3.63) is 65.7 Å². The lowest BCUT2D eigenvalue weighted by atomic mass is 10.0. The van der Waals surface area contributed by atoms with Crippen LogP contribution in [0.5, 0.6) is 0 Å². The number of nitrogens with zero attached hydrogens (tertiary/aromatic N) is 1. The minimum atomic E-state index is -3.76. The first kappa shape index (κ1) is 17.6. The molecule has 1 fully saturated rings. The molecule has 132 valence electrons. The highest BCUT2D eigenvalue weighted by atomic mass is 32.2. The van der Waals surface area contributed by atoms with Gasteiger partial charge in [-0.05, 0) is 36.2 Å². The minimum absolute atomic E-state index is 0.00481. The first-order valence-corrected chi connectivity index (χ1v) is 9.68. The van der Waals surface area contributed by atoms with Gasteiger partial charge in [0.1, 0.15) is 0 Å². The third-order valence-corrected chi connectivity index (χ3v) is 5.28. The van der Waals surface area contributed by atoms with Crippen LogP contribution in [-0.2, 0) is 16.4 Å². The van der Waals surface area contributed by atoms with Crippen LogP contribution in [0.3, 0.4) is 0 Å². The maximum atomic E-state index is 12.9. The Morgan fingerprint density at radius 3 is 2.44 bits per heavy atom. The minimum Gasteiger partial charge on any atom is -0.333 e. The van der Waals surface area contributed by atoms with E-state index in [1.165, 1.54) is 29.8 Å². The highest BCUT2D eigenvalue weighted by Gasteiger charge is 2.27. The Morgan fingerprint density at radius 1 is 1.12 bits per heavy atom. The van der Waals surface area contributed by atoms with E-state index in [1.54, 1.807) is 0 Å². The van der Waals surface area contributed by atoms with Gasteiger partial charge in [-0.15, -0.1) is 0 Å². The molecule has 1 saturated heterocycles. The molecule has 6 nitrogen and oxygen atoms in total. The van der Waals surface area contributed by atoms with Crippen LogP contribution in [0, 0.1) is 0 Å². The smallest absolute Gasteiger partial charge is 0.254 e. The molecule has 0 spiro atoms. The monoisotopic (exact) mass is 359 g/mol. The Labute approximate surface area is 147 Å². The SMILES string of the molecule is NS(=O)(=O)c1ccc(C(=O)N2CCNC[C@@H]2Cc2ccccc2)cc1. The predicted molar refractivity (Wildman–Crippen MR) is 95.7 cm³/mol. The van der Waals surface area contributed by atoms with Crippen molar-refractivity contribution < 1.29 is 13.2 Å². The Hall–Kier alpha value is -2.22. The lowest BCUT2D eigenvalue weighted by molar-refractivity contribution is 0.0636. The highest BCUT2D eigenvalue weighted by Crippen LogP contribution is 2.16. The molecule has 1 amide bonds. The number of amides is 1. The second-order valence-corrected chi connectivity index (χ2v) is 7.68. The second-order valence-electron chi connectivity index (χ2n) is 6.12. The number of sulfonamides is 1. The molecule has 2 aromatic rings. The van der Waals surface area contributed by atoms with Gasteiger partial charge in [-0.25, -0.2) is 13.6 Å². The van der Waals surface area contributed by atoms with Crippen molar-refractivity contribution in [1.29, 1.82) is 0 Å². The summed E-state index contributed by atoms with van der Waals surface area (Å²) in [6.07, 6.45) is 0.773. The van der Waals surface area contributed by atoms with Crippen LogP contribution < -0.4 is 10.5 Å². The van der Waals surface area contributed by atoms with Crippen LogP contribution in [0.15, 0.2) is 59.5 Å². The van der Waals surface area contributed by atoms with Gasteiger partial charge < -0.3 is 10.2 Å². The summed E-state index contributed by atoms with van der Waals surface area (Å²) in [5.41, 5.74) is 1.64. The van der Waals surface area contributed by atoms with E-state index in [1.807, 2.05) is 23.1 Å². The van der Waals surface area contributed by atoms with Crippen molar-refractivity contribution in [3.8, 4) is 0 Å². The molecular weight excluding hydrogens is 338 g/mol. The zero-order valence-electron chi connectivity index (χ0n) is 13.8. The molecule has 0 unspecified atom stereocenters. The Balaban J connectivity index is 1.78. The number of nitrogens with one attached hydrogen (secondary N) is 1. The van der Waals surface area contributed by atoms with Gasteiger partial charge in [-0.1, -0.05) is 30.3 Å². The van der Waals surface area contributed by atoms with Crippen molar-refractivity contribution in [1.82, 2.24) is 10.2 Å². The Morgan fingerprint density at radius 2 is 1.80 bits per heavy atom. The first-order chi connectivity index (χ1) is 11.9. The molecule has 0 saturated carbocycles. The Bertz CT molecular complexity index is 836. The zero-order chi connectivity index (χ0) is 17.9. The van der Waals surface area contributed by atoms with Gasteiger partial charge in [0.2, 0.25) is 10.0 Å². The van der Waals surface area contributed by atoms with E-state index in [0.717, 1.165) is 19.5 Å². The maximum absolute atomic E-state index is 12.9. The molecule has 0 bridgehead atoms. The molecular formula is C18H21N3O3S. The largest absolute Gasteiger partial charge is 0.333 e. The van der Waals surface area contributed by atoms with Crippen molar-refractivity contribution in [2.24, 2.45) is 5.14 Å². The van der Waals surface area contributed by atoms with Crippen molar-refractivity contribution in [2.75, 3.05) is 19.6 Å². The van der Waals surface area contributed by atoms with E-state index in [-0.39, 0.29) is 16.8 Å². The van der Waals surface area contributed by atoms with E-state index >= 15 is 0 Å². The van der Waals surface area contributed by atoms with E-state index in [2.05, 4.69) is 17.4 Å². The summed E-state index contributed by atoms with van der Waals surface area (Å²) >= 11 is 0. The lowest BCUT2D eigenvalue weighted by Crippen LogP contribution is -2.54. The fraction of sp³-hybridized carbons (Fsp3) is 0.278. The van der Waals surface area contributed by atoms with Crippen molar-refractivity contribution in [2.45, 2.75) is 17.4 Å². The molecule has 3 rings (SSSR count). The zero-order valence-corrected chi connectivity index (χ0v) is 14.6.